The lowest BCUT2D eigenvalue weighted by Gasteiger charge is -2.20. The Morgan fingerprint density at radius 2 is 0.951 bits per heavy atom. The van der Waals surface area contributed by atoms with Crippen molar-refractivity contribution in [3.05, 3.63) is 57.6 Å². The van der Waals surface area contributed by atoms with Gasteiger partial charge in [0.25, 0.3) is 0 Å². The van der Waals surface area contributed by atoms with Gasteiger partial charge in [0.2, 0.25) is 0 Å². The van der Waals surface area contributed by atoms with Gasteiger partial charge >= 0.3 is 0 Å². The minimum atomic E-state index is 0.500. The molecule has 4 nitrogen and oxygen atoms in total. The van der Waals surface area contributed by atoms with Gasteiger partial charge in [-0.1, -0.05) is 78.6 Å². The second-order valence-electron chi connectivity index (χ2n) is 12.1. The van der Waals surface area contributed by atoms with Crippen LogP contribution in [0.25, 0.3) is 0 Å². The minimum Gasteiger partial charge on any atom is -0.493 e. The van der Waals surface area contributed by atoms with Gasteiger partial charge in [0.05, 0.1) is 38.6 Å². The maximum absolute atomic E-state index is 6.46. The van der Waals surface area contributed by atoms with Gasteiger partial charge in [-0.25, -0.2) is 0 Å². The van der Waals surface area contributed by atoms with Crippen LogP contribution in [-0.2, 0) is 41.6 Å². The normalized spacial score (nSPS) is 19.2. The molecule has 0 spiro atoms. The monoisotopic (exact) mass is 564 g/mol. The number of hydrogen-bond acceptors (Lipinski definition) is 4. The Morgan fingerprint density at radius 1 is 0.610 bits per heavy atom. The highest BCUT2D eigenvalue weighted by molar-refractivity contribution is 5.49. The molecule has 4 atom stereocenters. The topological polar surface area (TPSA) is 43.5 Å². The molecule has 2 aliphatic rings. The van der Waals surface area contributed by atoms with Crippen molar-refractivity contribution in [2.45, 2.75) is 124 Å². The summed E-state index contributed by atoms with van der Waals surface area (Å²) in [6.45, 7) is 17.0. The van der Waals surface area contributed by atoms with Gasteiger partial charge in [-0.3, -0.25) is 0 Å². The van der Waals surface area contributed by atoms with Gasteiger partial charge in [0.15, 0.2) is 0 Å². The molecule has 2 aromatic rings. The number of aryl methyl sites for hydroxylation is 4. The van der Waals surface area contributed by atoms with Crippen LogP contribution in [0.4, 0.5) is 0 Å². The fourth-order valence-electron chi connectivity index (χ4n) is 6.52. The Morgan fingerprint density at radius 3 is 1.22 bits per heavy atom. The van der Waals surface area contributed by atoms with E-state index in [0.717, 1.165) is 82.9 Å². The molecule has 2 aliphatic heterocycles. The predicted octanol–water partition coefficient (Wildman–Crippen LogP) is 8.70. The molecule has 4 rings (SSSR count). The van der Waals surface area contributed by atoms with Crippen molar-refractivity contribution in [2.75, 3.05) is 26.4 Å². The lowest BCUT2D eigenvalue weighted by atomic mass is 9.93. The molecule has 0 amide bonds. The Kier molecular flexibility index (Phi) is 12.4. The lowest BCUT2D eigenvalue weighted by molar-refractivity contribution is 0.261. The van der Waals surface area contributed by atoms with Crippen LogP contribution in [0.2, 0.25) is 0 Å². The molecule has 2 fully saturated rings. The average Bonchev–Trinajstić information content (AvgIpc) is 3.92. The zero-order valence-electron chi connectivity index (χ0n) is 26.9. The van der Waals surface area contributed by atoms with Crippen LogP contribution in [-0.4, -0.2) is 38.6 Å². The van der Waals surface area contributed by atoms with Crippen LogP contribution in [0.15, 0.2) is 24.3 Å². The first-order valence-electron chi connectivity index (χ1n) is 16.8. The summed E-state index contributed by atoms with van der Waals surface area (Å²) < 4.78 is 24.0. The van der Waals surface area contributed by atoms with Gasteiger partial charge in [0, 0.05) is 0 Å². The van der Waals surface area contributed by atoms with E-state index < -0.39 is 0 Å². The Hall–Kier alpha value is -2.04. The number of benzene rings is 2. The van der Waals surface area contributed by atoms with Crippen LogP contribution < -0.4 is 9.47 Å². The zero-order valence-corrected chi connectivity index (χ0v) is 26.9. The van der Waals surface area contributed by atoms with E-state index in [-0.39, 0.29) is 0 Å². The third-order valence-corrected chi connectivity index (χ3v) is 9.29. The first-order chi connectivity index (χ1) is 20.0. The quantitative estimate of drug-likeness (QED) is 0.119. The number of hydrogen-bond donors (Lipinski definition) is 0. The summed E-state index contributed by atoms with van der Waals surface area (Å²) in [6, 6.07) is 9.54. The van der Waals surface area contributed by atoms with Crippen LogP contribution in [0.5, 0.6) is 11.5 Å². The highest BCUT2D eigenvalue weighted by atomic mass is 16.6. The molecule has 0 radical (unpaired) electrons. The molecule has 2 aromatic carbocycles. The molecule has 2 saturated heterocycles. The summed E-state index contributed by atoms with van der Waals surface area (Å²) in [4.78, 5) is 0. The van der Waals surface area contributed by atoms with Crippen LogP contribution in [0.1, 0.15) is 113 Å². The van der Waals surface area contributed by atoms with Gasteiger partial charge in [-0.2, -0.15) is 0 Å². The standard InChI is InChI=1S/C37H56O4/c1-7-28(34-24-40-34)15-13-17-38-36-30(9-3)20-26(21-31(36)10-4)19-27-22-32(11-5)37(33(12-6)23-27)39-18-14-16-29(8-2)35-25-41-35/h20-23,28-29,34-35H,7-19,24-25H2,1-6H3. The van der Waals surface area contributed by atoms with Crippen molar-refractivity contribution >= 4 is 0 Å². The third-order valence-electron chi connectivity index (χ3n) is 9.29. The number of ether oxygens (including phenoxy) is 4. The fraction of sp³-hybridized carbons (Fsp3) is 0.676. The lowest BCUT2D eigenvalue weighted by Crippen LogP contribution is -2.11. The summed E-state index contributed by atoms with van der Waals surface area (Å²) in [6.07, 6.45) is 12.9. The summed E-state index contributed by atoms with van der Waals surface area (Å²) in [5.41, 5.74) is 8.12. The molecule has 2 heterocycles. The van der Waals surface area contributed by atoms with Crippen molar-refractivity contribution < 1.29 is 18.9 Å². The molecule has 4 heteroatoms. The Labute approximate surface area is 250 Å². The molecule has 0 aliphatic carbocycles. The van der Waals surface area contributed by atoms with E-state index in [4.69, 9.17) is 18.9 Å². The Bertz CT molecular complexity index is 949. The van der Waals surface area contributed by atoms with Crippen LogP contribution >= 0.6 is 0 Å². The number of rotatable bonds is 20. The molecular formula is C37H56O4. The van der Waals surface area contributed by atoms with Gasteiger partial charge < -0.3 is 18.9 Å². The van der Waals surface area contributed by atoms with Crippen molar-refractivity contribution in [2.24, 2.45) is 11.8 Å². The molecule has 0 aromatic heterocycles. The molecule has 4 unspecified atom stereocenters. The van der Waals surface area contributed by atoms with E-state index in [1.54, 1.807) is 0 Å². The smallest absolute Gasteiger partial charge is 0.125 e. The molecular weight excluding hydrogens is 508 g/mol. The van der Waals surface area contributed by atoms with Crippen molar-refractivity contribution in [3.8, 4) is 11.5 Å². The maximum Gasteiger partial charge on any atom is 0.125 e. The highest BCUT2D eigenvalue weighted by Gasteiger charge is 2.31. The van der Waals surface area contributed by atoms with E-state index in [2.05, 4.69) is 65.8 Å². The summed E-state index contributed by atoms with van der Waals surface area (Å²) in [7, 11) is 0. The molecule has 228 valence electrons. The van der Waals surface area contributed by atoms with E-state index >= 15 is 0 Å². The van der Waals surface area contributed by atoms with Crippen molar-refractivity contribution in [1.82, 2.24) is 0 Å². The molecule has 0 N–H and O–H groups in total. The summed E-state index contributed by atoms with van der Waals surface area (Å²) >= 11 is 0. The summed E-state index contributed by atoms with van der Waals surface area (Å²) in [5.74, 6) is 3.62. The zero-order chi connectivity index (χ0) is 29.2. The van der Waals surface area contributed by atoms with Crippen molar-refractivity contribution in [3.63, 3.8) is 0 Å². The van der Waals surface area contributed by atoms with Gasteiger partial charge in [0.1, 0.15) is 11.5 Å². The fourth-order valence-corrected chi connectivity index (χ4v) is 6.52. The molecule has 41 heavy (non-hydrogen) atoms. The highest BCUT2D eigenvalue weighted by Crippen LogP contribution is 2.33. The molecule has 0 saturated carbocycles. The first kappa shape index (κ1) is 31.9. The van der Waals surface area contributed by atoms with Gasteiger partial charge in [-0.05, 0) is 103 Å². The number of epoxide rings is 2. The predicted molar refractivity (Wildman–Crippen MR) is 170 cm³/mol. The summed E-state index contributed by atoms with van der Waals surface area (Å²) in [5, 5.41) is 0. The van der Waals surface area contributed by atoms with E-state index in [1.165, 1.54) is 59.1 Å². The maximum atomic E-state index is 6.46. The first-order valence-corrected chi connectivity index (χ1v) is 16.8. The second-order valence-corrected chi connectivity index (χ2v) is 12.1. The molecule has 0 bridgehead atoms. The largest absolute Gasteiger partial charge is 0.493 e. The SMILES string of the molecule is CCc1cc(Cc2cc(CC)c(OCCCC(CC)C3CO3)c(CC)c2)cc(CC)c1OCCCC(CC)C1CO1. The third kappa shape index (κ3) is 8.97. The van der Waals surface area contributed by atoms with Crippen molar-refractivity contribution in [1.29, 1.82) is 0 Å². The van der Waals surface area contributed by atoms with E-state index in [9.17, 15) is 0 Å². The second kappa shape index (κ2) is 16.0. The van der Waals surface area contributed by atoms with Gasteiger partial charge in [-0.15, -0.1) is 0 Å². The van der Waals surface area contributed by atoms with E-state index in [0.29, 0.717) is 24.0 Å². The average molecular weight is 565 g/mol. The minimum absolute atomic E-state index is 0.500. The van der Waals surface area contributed by atoms with Crippen LogP contribution in [0, 0.1) is 11.8 Å². The van der Waals surface area contributed by atoms with Crippen LogP contribution in [0.3, 0.4) is 0 Å². The Balaban J connectivity index is 1.41. The van der Waals surface area contributed by atoms with E-state index in [1.807, 2.05) is 0 Å².